The zero-order valence-corrected chi connectivity index (χ0v) is 11.2. The van der Waals surface area contributed by atoms with Crippen molar-refractivity contribution in [2.45, 2.75) is 6.92 Å². The number of nitro benzene ring substituents is 1. The van der Waals surface area contributed by atoms with Gasteiger partial charge in [0.2, 0.25) is 0 Å². The molecule has 0 saturated carbocycles. The molecule has 2 aromatic rings. The summed E-state index contributed by atoms with van der Waals surface area (Å²) in [6, 6.07) is 9.64. The van der Waals surface area contributed by atoms with Crippen LogP contribution >= 0.6 is 0 Å². The van der Waals surface area contributed by atoms with Crippen LogP contribution in [0.5, 0.6) is 5.75 Å². The Hall–Kier alpha value is -2.76. The Bertz CT molecular complexity index is 700. The Morgan fingerprint density at radius 2 is 2.05 bits per heavy atom. The van der Waals surface area contributed by atoms with Gasteiger partial charge in [-0.15, -0.1) is 0 Å². The molecule has 5 nitrogen and oxygen atoms in total. The monoisotopic (exact) mass is 289 g/mol. The number of hydrogen-bond donors (Lipinski definition) is 0. The van der Waals surface area contributed by atoms with Crippen molar-refractivity contribution in [2.24, 2.45) is 0 Å². The maximum Gasteiger partial charge on any atom is 0.311 e. The van der Waals surface area contributed by atoms with Gasteiger partial charge in [-0.05, 0) is 30.7 Å². The fraction of sp³-hybridized carbons (Fsp3) is 0.133. The summed E-state index contributed by atoms with van der Waals surface area (Å²) in [5, 5.41) is 10.9. The molecular weight excluding hydrogens is 277 g/mol. The molecule has 0 aliphatic rings. The van der Waals surface area contributed by atoms with Crippen LogP contribution in [0.4, 0.5) is 10.1 Å². The number of aryl methyl sites for hydroxylation is 1. The quantitative estimate of drug-likeness (QED) is 0.481. The third kappa shape index (κ3) is 3.62. The molecule has 0 aliphatic carbocycles. The van der Waals surface area contributed by atoms with Crippen molar-refractivity contribution < 1.29 is 18.8 Å². The van der Waals surface area contributed by atoms with Crippen LogP contribution in [0.25, 0.3) is 0 Å². The van der Waals surface area contributed by atoms with Gasteiger partial charge in [-0.2, -0.15) is 0 Å². The van der Waals surface area contributed by atoms with E-state index in [1.165, 1.54) is 30.3 Å². The maximum atomic E-state index is 13.0. The molecule has 2 aromatic carbocycles. The molecule has 0 N–H and O–H groups in total. The number of benzene rings is 2. The lowest BCUT2D eigenvalue weighted by molar-refractivity contribution is -0.385. The molecule has 0 heterocycles. The SMILES string of the molecule is Cc1ccc(OCC(=O)c2cccc(F)c2)c([N+](=O)[O-])c1. The zero-order valence-electron chi connectivity index (χ0n) is 11.2. The molecule has 2 rings (SSSR count). The molecule has 6 heteroatoms. The molecule has 0 atom stereocenters. The van der Waals surface area contributed by atoms with E-state index >= 15 is 0 Å². The third-order valence-electron chi connectivity index (χ3n) is 2.82. The highest BCUT2D eigenvalue weighted by atomic mass is 19.1. The second-order valence-corrected chi connectivity index (χ2v) is 4.45. The van der Waals surface area contributed by atoms with Crippen molar-refractivity contribution in [2.75, 3.05) is 6.61 Å². The van der Waals surface area contributed by atoms with Crippen LogP contribution in [0.15, 0.2) is 42.5 Å². The van der Waals surface area contributed by atoms with E-state index < -0.39 is 23.1 Å². The lowest BCUT2D eigenvalue weighted by atomic mass is 10.1. The fourth-order valence-electron chi connectivity index (χ4n) is 1.78. The van der Waals surface area contributed by atoms with Crippen LogP contribution < -0.4 is 4.74 Å². The van der Waals surface area contributed by atoms with E-state index in [9.17, 15) is 19.3 Å². The van der Waals surface area contributed by atoms with Crippen molar-refractivity contribution in [1.29, 1.82) is 0 Å². The largest absolute Gasteiger partial charge is 0.478 e. The Morgan fingerprint density at radius 1 is 1.29 bits per heavy atom. The fourth-order valence-corrected chi connectivity index (χ4v) is 1.78. The number of carbonyl (C=O) groups is 1. The van der Waals surface area contributed by atoms with E-state index in [1.54, 1.807) is 13.0 Å². The first kappa shape index (κ1) is 14.6. The van der Waals surface area contributed by atoms with Gasteiger partial charge in [0.25, 0.3) is 0 Å². The molecule has 0 amide bonds. The highest BCUT2D eigenvalue weighted by Crippen LogP contribution is 2.27. The van der Waals surface area contributed by atoms with Crippen LogP contribution in [0.2, 0.25) is 0 Å². The van der Waals surface area contributed by atoms with E-state index in [0.717, 1.165) is 6.07 Å². The van der Waals surface area contributed by atoms with Gasteiger partial charge in [-0.1, -0.05) is 18.2 Å². The molecule has 0 aliphatic heterocycles. The first-order valence-corrected chi connectivity index (χ1v) is 6.14. The average Bonchev–Trinajstić information content (AvgIpc) is 2.45. The highest BCUT2D eigenvalue weighted by Gasteiger charge is 2.16. The number of hydrogen-bond acceptors (Lipinski definition) is 4. The molecule has 0 spiro atoms. The Morgan fingerprint density at radius 3 is 2.71 bits per heavy atom. The first-order chi connectivity index (χ1) is 9.97. The van der Waals surface area contributed by atoms with Crippen LogP contribution in [0.3, 0.4) is 0 Å². The van der Waals surface area contributed by atoms with Crippen LogP contribution in [-0.4, -0.2) is 17.3 Å². The summed E-state index contributed by atoms with van der Waals surface area (Å²) in [6.07, 6.45) is 0. The summed E-state index contributed by atoms with van der Waals surface area (Å²) in [5.41, 5.74) is 0.664. The Kier molecular flexibility index (Phi) is 4.27. The van der Waals surface area contributed by atoms with E-state index in [1.807, 2.05) is 0 Å². The standard InChI is InChI=1S/C15H12FNO4/c1-10-5-6-15(13(7-10)17(19)20)21-9-14(18)11-3-2-4-12(16)8-11/h2-8H,9H2,1H3. The lowest BCUT2D eigenvalue weighted by Crippen LogP contribution is -2.12. The summed E-state index contributed by atoms with van der Waals surface area (Å²) < 4.78 is 18.2. The van der Waals surface area contributed by atoms with Gasteiger partial charge in [0.15, 0.2) is 18.1 Å². The first-order valence-electron chi connectivity index (χ1n) is 6.14. The van der Waals surface area contributed by atoms with Crippen molar-refractivity contribution in [3.05, 3.63) is 69.5 Å². The van der Waals surface area contributed by atoms with E-state index in [4.69, 9.17) is 4.74 Å². The van der Waals surface area contributed by atoms with Gasteiger partial charge in [-0.3, -0.25) is 14.9 Å². The Labute approximate surface area is 120 Å². The number of rotatable bonds is 5. The molecule has 0 radical (unpaired) electrons. The molecule has 0 fully saturated rings. The molecule has 0 bridgehead atoms. The predicted octanol–water partition coefficient (Wildman–Crippen LogP) is 3.30. The molecule has 21 heavy (non-hydrogen) atoms. The second kappa shape index (κ2) is 6.13. The number of ketones is 1. The minimum atomic E-state index is -0.574. The van der Waals surface area contributed by atoms with Gasteiger partial charge >= 0.3 is 5.69 Å². The van der Waals surface area contributed by atoms with E-state index in [0.29, 0.717) is 5.56 Å². The summed E-state index contributed by atoms with van der Waals surface area (Å²) in [6.45, 7) is 1.32. The van der Waals surface area contributed by atoms with E-state index in [-0.39, 0.29) is 17.0 Å². The van der Waals surface area contributed by atoms with Crippen LogP contribution in [-0.2, 0) is 0 Å². The number of carbonyl (C=O) groups excluding carboxylic acids is 1. The van der Waals surface area contributed by atoms with Gasteiger partial charge in [0.1, 0.15) is 5.82 Å². The summed E-state index contributed by atoms with van der Waals surface area (Å²) in [5.74, 6) is -0.970. The lowest BCUT2D eigenvalue weighted by Gasteiger charge is -2.07. The smallest absolute Gasteiger partial charge is 0.311 e. The maximum absolute atomic E-state index is 13.0. The number of halogens is 1. The molecule has 0 unspecified atom stereocenters. The average molecular weight is 289 g/mol. The van der Waals surface area contributed by atoms with Crippen molar-refractivity contribution in [3.63, 3.8) is 0 Å². The van der Waals surface area contributed by atoms with Gasteiger partial charge in [-0.25, -0.2) is 4.39 Å². The number of nitrogens with zero attached hydrogens (tertiary/aromatic N) is 1. The van der Waals surface area contributed by atoms with Gasteiger partial charge < -0.3 is 4.74 Å². The zero-order chi connectivity index (χ0) is 15.4. The molecular formula is C15H12FNO4. The second-order valence-electron chi connectivity index (χ2n) is 4.45. The summed E-state index contributed by atoms with van der Waals surface area (Å²) in [4.78, 5) is 22.2. The van der Waals surface area contributed by atoms with Crippen molar-refractivity contribution >= 4 is 11.5 Å². The summed E-state index contributed by atoms with van der Waals surface area (Å²) >= 11 is 0. The molecule has 0 aromatic heterocycles. The van der Waals surface area contributed by atoms with Crippen LogP contribution in [0, 0.1) is 22.9 Å². The number of nitro groups is 1. The minimum absolute atomic E-state index is 0.00959. The normalized spacial score (nSPS) is 10.2. The van der Waals surface area contributed by atoms with Crippen molar-refractivity contribution in [1.82, 2.24) is 0 Å². The number of ether oxygens (including phenoxy) is 1. The van der Waals surface area contributed by atoms with Crippen LogP contribution in [0.1, 0.15) is 15.9 Å². The Balaban J connectivity index is 2.13. The molecule has 108 valence electrons. The minimum Gasteiger partial charge on any atom is -0.478 e. The van der Waals surface area contributed by atoms with Gasteiger partial charge in [0.05, 0.1) is 4.92 Å². The highest BCUT2D eigenvalue weighted by molar-refractivity contribution is 5.97. The topological polar surface area (TPSA) is 69.4 Å². The van der Waals surface area contributed by atoms with Gasteiger partial charge in [0, 0.05) is 11.6 Å². The summed E-state index contributed by atoms with van der Waals surface area (Å²) in [7, 11) is 0. The van der Waals surface area contributed by atoms with E-state index in [2.05, 4.69) is 0 Å². The van der Waals surface area contributed by atoms with Crippen molar-refractivity contribution in [3.8, 4) is 5.75 Å². The number of Topliss-reactive ketones (excluding diaryl/α,β-unsaturated/α-hetero) is 1. The predicted molar refractivity (Wildman–Crippen MR) is 74.1 cm³/mol. The third-order valence-corrected chi connectivity index (χ3v) is 2.82. The molecule has 0 saturated heterocycles.